The fraction of sp³-hybridized carbons (Fsp3) is 0.400. The Labute approximate surface area is 106 Å². The smallest absolute Gasteiger partial charge is 0.259 e. The lowest BCUT2D eigenvalue weighted by Crippen LogP contribution is -2.39. The molecule has 3 nitrogen and oxygen atoms in total. The van der Waals surface area contributed by atoms with Gasteiger partial charge in [0.15, 0.2) is 5.60 Å². The van der Waals surface area contributed by atoms with Crippen LogP contribution in [0, 0.1) is 5.92 Å². The fourth-order valence-corrected chi connectivity index (χ4v) is 3.44. The second kappa shape index (κ2) is 3.45. The highest BCUT2D eigenvalue weighted by Gasteiger charge is 2.61. The summed E-state index contributed by atoms with van der Waals surface area (Å²) in [7, 11) is 0. The molecule has 0 N–H and O–H groups in total. The summed E-state index contributed by atoms with van der Waals surface area (Å²) < 4.78 is 5.86. The van der Waals surface area contributed by atoms with Gasteiger partial charge in [-0.1, -0.05) is 36.4 Å². The molecule has 2 bridgehead atoms. The number of hydrogen-bond donors (Lipinski definition) is 0. The van der Waals surface area contributed by atoms with Crippen LogP contribution in [0.5, 0.6) is 0 Å². The maximum atomic E-state index is 12.5. The van der Waals surface area contributed by atoms with E-state index < -0.39 is 5.60 Å². The number of fused-ring (bicyclic) bond motifs is 1. The number of carbonyl (C=O) groups excluding carboxylic acids is 1. The normalized spacial score (nSPS) is 36.4. The monoisotopic (exact) mass is 241 g/mol. The Kier molecular flexibility index (Phi) is 1.98. The van der Waals surface area contributed by atoms with Gasteiger partial charge in [-0.25, -0.2) is 0 Å². The minimum Gasteiger partial charge on any atom is -0.353 e. The third kappa shape index (κ3) is 1.25. The second-order valence-corrected chi connectivity index (χ2v) is 5.41. The minimum atomic E-state index is -0.612. The maximum Gasteiger partial charge on any atom is 0.259 e. The van der Waals surface area contributed by atoms with Gasteiger partial charge in [-0.3, -0.25) is 4.79 Å². The van der Waals surface area contributed by atoms with Crippen molar-refractivity contribution < 1.29 is 9.53 Å². The summed E-state index contributed by atoms with van der Waals surface area (Å²) in [5.41, 5.74) is 0.570. The summed E-state index contributed by atoms with van der Waals surface area (Å²) in [6, 6.07) is 10.1. The molecule has 3 aliphatic heterocycles. The first-order valence-electron chi connectivity index (χ1n) is 6.48. The molecule has 1 amide bonds. The highest BCUT2D eigenvalue weighted by atomic mass is 16.5. The van der Waals surface area contributed by atoms with Crippen LogP contribution in [-0.2, 0) is 16.1 Å². The van der Waals surface area contributed by atoms with Crippen molar-refractivity contribution in [3.8, 4) is 0 Å². The van der Waals surface area contributed by atoms with Gasteiger partial charge in [0.1, 0.15) is 0 Å². The summed E-state index contributed by atoms with van der Waals surface area (Å²) in [5.74, 6) is 0.497. The summed E-state index contributed by atoms with van der Waals surface area (Å²) in [6.07, 6.45) is 5.20. The number of carbonyl (C=O) groups is 1. The number of rotatable bonds is 2. The molecule has 2 fully saturated rings. The topological polar surface area (TPSA) is 29.5 Å². The predicted octanol–water partition coefficient (Wildman–Crippen LogP) is 1.74. The molecule has 0 aliphatic carbocycles. The van der Waals surface area contributed by atoms with Crippen molar-refractivity contribution in [2.75, 3.05) is 6.54 Å². The highest BCUT2D eigenvalue weighted by molar-refractivity contribution is 5.91. The van der Waals surface area contributed by atoms with Gasteiger partial charge in [0, 0.05) is 19.0 Å². The van der Waals surface area contributed by atoms with Gasteiger partial charge in [0.25, 0.3) is 5.91 Å². The number of ether oxygens (including phenoxy) is 1. The fourth-order valence-electron chi connectivity index (χ4n) is 3.44. The Morgan fingerprint density at radius 1 is 1.33 bits per heavy atom. The zero-order valence-electron chi connectivity index (χ0n) is 10.1. The molecular weight excluding hydrogens is 226 g/mol. The van der Waals surface area contributed by atoms with E-state index in [-0.39, 0.29) is 12.0 Å². The summed E-state index contributed by atoms with van der Waals surface area (Å²) in [4.78, 5) is 14.5. The zero-order chi connectivity index (χ0) is 12.2. The summed E-state index contributed by atoms with van der Waals surface area (Å²) in [5, 5.41) is 0. The van der Waals surface area contributed by atoms with Crippen LogP contribution in [0.15, 0.2) is 42.5 Å². The Hall–Kier alpha value is -1.61. The molecule has 0 aromatic heterocycles. The van der Waals surface area contributed by atoms with E-state index in [4.69, 9.17) is 4.74 Å². The Morgan fingerprint density at radius 3 is 2.89 bits per heavy atom. The van der Waals surface area contributed by atoms with Crippen LogP contribution < -0.4 is 0 Å². The van der Waals surface area contributed by atoms with E-state index in [0.717, 1.165) is 13.0 Å². The molecule has 0 saturated carbocycles. The minimum absolute atomic E-state index is 0.146. The maximum absolute atomic E-state index is 12.5. The number of likely N-dealkylation sites (tertiary alicyclic amines) is 1. The molecule has 92 valence electrons. The zero-order valence-corrected chi connectivity index (χ0v) is 10.1. The summed E-state index contributed by atoms with van der Waals surface area (Å²) >= 11 is 0. The Balaban J connectivity index is 1.59. The van der Waals surface area contributed by atoms with E-state index in [2.05, 4.69) is 12.1 Å². The average molecular weight is 241 g/mol. The summed E-state index contributed by atoms with van der Waals surface area (Å²) in [6.45, 7) is 1.52. The molecule has 0 radical (unpaired) electrons. The first-order chi connectivity index (χ1) is 8.78. The van der Waals surface area contributed by atoms with Gasteiger partial charge >= 0.3 is 0 Å². The second-order valence-electron chi connectivity index (χ2n) is 5.41. The highest BCUT2D eigenvalue weighted by Crippen LogP contribution is 2.48. The van der Waals surface area contributed by atoms with Crippen molar-refractivity contribution >= 4 is 5.91 Å². The van der Waals surface area contributed by atoms with Gasteiger partial charge in [-0.2, -0.15) is 0 Å². The molecule has 3 atom stereocenters. The molecule has 4 rings (SSSR count). The largest absolute Gasteiger partial charge is 0.353 e. The van der Waals surface area contributed by atoms with Crippen LogP contribution in [0.3, 0.4) is 0 Å². The number of benzene rings is 1. The molecule has 1 aromatic carbocycles. The van der Waals surface area contributed by atoms with Gasteiger partial charge in [-0.05, 0) is 18.1 Å². The van der Waals surface area contributed by atoms with Gasteiger partial charge < -0.3 is 9.64 Å². The predicted molar refractivity (Wildman–Crippen MR) is 66.7 cm³/mol. The van der Waals surface area contributed by atoms with Crippen molar-refractivity contribution in [1.82, 2.24) is 4.90 Å². The van der Waals surface area contributed by atoms with Crippen LogP contribution in [0.25, 0.3) is 0 Å². The van der Waals surface area contributed by atoms with Crippen molar-refractivity contribution in [2.24, 2.45) is 5.92 Å². The lowest BCUT2D eigenvalue weighted by atomic mass is 9.86. The molecule has 2 saturated heterocycles. The molecule has 3 heteroatoms. The Morgan fingerprint density at radius 2 is 2.17 bits per heavy atom. The van der Waals surface area contributed by atoms with Crippen molar-refractivity contribution in [3.05, 3.63) is 48.0 Å². The molecular formula is C15H15NO2. The van der Waals surface area contributed by atoms with Gasteiger partial charge in [-0.15, -0.1) is 0 Å². The van der Waals surface area contributed by atoms with E-state index in [1.165, 1.54) is 5.56 Å². The molecule has 18 heavy (non-hydrogen) atoms. The lowest BCUT2D eigenvalue weighted by molar-refractivity contribution is -0.142. The van der Waals surface area contributed by atoms with E-state index in [9.17, 15) is 4.79 Å². The Bertz CT molecular complexity index is 525. The first-order valence-corrected chi connectivity index (χ1v) is 6.48. The molecule has 3 aliphatic rings. The van der Waals surface area contributed by atoms with Crippen molar-refractivity contribution in [2.45, 2.75) is 24.7 Å². The van der Waals surface area contributed by atoms with E-state index in [1.54, 1.807) is 0 Å². The van der Waals surface area contributed by atoms with Crippen LogP contribution >= 0.6 is 0 Å². The standard InChI is InChI=1S/C15H15NO2/c17-14-15-7-6-13(18-15)8-12(15)10-16(14)9-11-4-2-1-3-5-11/h1-7,12-13H,8-10H2/t12-,13+,15-/m1/s1. The van der Waals surface area contributed by atoms with Crippen molar-refractivity contribution in [1.29, 1.82) is 0 Å². The van der Waals surface area contributed by atoms with E-state index in [0.29, 0.717) is 12.5 Å². The van der Waals surface area contributed by atoms with Crippen LogP contribution in [0.4, 0.5) is 0 Å². The lowest BCUT2D eigenvalue weighted by Gasteiger charge is -2.21. The third-order valence-electron chi connectivity index (χ3n) is 4.31. The molecule has 1 aromatic rings. The van der Waals surface area contributed by atoms with Gasteiger partial charge in [0.2, 0.25) is 0 Å². The van der Waals surface area contributed by atoms with Crippen LogP contribution in [0.2, 0.25) is 0 Å². The van der Waals surface area contributed by atoms with Crippen LogP contribution in [0.1, 0.15) is 12.0 Å². The quantitative estimate of drug-likeness (QED) is 0.738. The number of nitrogens with zero attached hydrogens (tertiary/aromatic N) is 1. The molecule has 3 heterocycles. The third-order valence-corrected chi connectivity index (χ3v) is 4.31. The number of hydrogen-bond acceptors (Lipinski definition) is 2. The van der Waals surface area contributed by atoms with Crippen LogP contribution in [-0.4, -0.2) is 29.1 Å². The van der Waals surface area contributed by atoms with E-state index >= 15 is 0 Å². The SMILES string of the molecule is O=C1N(Cc2ccccc2)C[C@H]2C[C@@H]3C=C[C@]12O3. The molecule has 0 unspecified atom stereocenters. The van der Waals surface area contributed by atoms with Gasteiger partial charge in [0.05, 0.1) is 6.10 Å². The van der Waals surface area contributed by atoms with E-state index in [1.807, 2.05) is 35.3 Å². The van der Waals surface area contributed by atoms with Crippen molar-refractivity contribution in [3.63, 3.8) is 0 Å². The first kappa shape index (κ1) is 10.3. The number of amides is 1. The average Bonchev–Trinajstić information content (AvgIpc) is 3.03. The molecule has 1 spiro atoms.